The average molecular weight is 660 g/mol. The number of para-hydroxylation sites is 2. The van der Waals surface area contributed by atoms with Gasteiger partial charge in [-0.2, -0.15) is 0 Å². The summed E-state index contributed by atoms with van der Waals surface area (Å²) >= 11 is 8.52. The number of thiophene rings is 1. The lowest BCUT2D eigenvalue weighted by Gasteiger charge is -2.23. The van der Waals surface area contributed by atoms with Gasteiger partial charge in [-0.1, -0.05) is 55.5 Å². The van der Waals surface area contributed by atoms with Crippen LogP contribution in [0.2, 0.25) is 0 Å². The van der Waals surface area contributed by atoms with E-state index in [0.717, 1.165) is 46.0 Å². The summed E-state index contributed by atoms with van der Waals surface area (Å²) < 4.78 is 10.8. The fourth-order valence-electron chi connectivity index (χ4n) is 5.46. The van der Waals surface area contributed by atoms with E-state index in [9.17, 15) is 9.59 Å². The summed E-state index contributed by atoms with van der Waals surface area (Å²) in [5, 5.41) is 10.1. The molecular formula is C35H37N3O4S3. The van der Waals surface area contributed by atoms with Crippen LogP contribution in [-0.4, -0.2) is 36.0 Å². The van der Waals surface area contributed by atoms with E-state index < -0.39 is 0 Å². The topological polar surface area (TPSA) is 88.7 Å². The number of nitrogens with one attached hydrogen (secondary N) is 3. The van der Waals surface area contributed by atoms with Crippen LogP contribution in [0.1, 0.15) is 59.0 Å². The molecule has 1 aromatic heterocycles. The maximum atomic E-state index is 13.7. The van der Waals surface area contributed by atoms with Crippen molar-refractivity contribution in [1.29, 1.82) is 0 Å². The first kappa shape index (κ1) is 32.5. The van der Waals surface area contributed by atoms with Gasteiger partial charge in [-0.3, -0.25) is 4.79 Å². The standard InChI is InChI=1S/C35H37N3O4S3/c1-4-29(44-25-15-11-14-24(21-25)36-35(43)37-27-16-9-10-17-28(27)41-3)32(39)38-33-31(34(40)42-5-2)26-19-18-23(20-30(26)45-33)22-12-7-6-8-13-22/h6-17,21,23,29H,4-5,18-20H2,1-3H3,(H,38,39)(H2,36,37,43). The summed E-state index contributed by atoms with van der Waals surface area (Å²) in [6.07, 6.45) is 3.17. The van der Waals surface area contributed by atoms with Crippen LogP contribution in [-0.2, 0) is 22.4 Å². The highest BCUT2D eigenvalue weighted by Gasteiger charge is 2.32. The molecule has 10 heteroatoms. The number of esters is 1. The summed E-state index contributed by atoms with van der Waals surface area (Å²) in [4.78, 5) is 28.9. The quantitative estimate of drug-likeness (QED) is 0.0839. The molecule has 1 heterocycles. The number of ether oxygens (including phenoxy) is 2. The van der Waals surface area contributed by atoms with E-state index in [1.54, 1.807) is 14.0 Å². The molecule has 234 valence electrons. The van der Waals surface area contributed by atoms with E-state index >= 15 is 0 Å². The maximum absolute atomic E-state index is 13.7. The molecule has 3 aromatic carbocycles. The van der Waals surface area contributed by atoms with E-state index in [0.29, 0.717) is 33.8 Å². The Balaban J connectivity index is 1.28. The zero-order chi connectivity index (χ0) is 31.8. The van der Waals surface area contributed by atoms with Crippen LogP contribution in [0.3, 0.4) is 0 Å². The van der Waals surface area contributed by atoms with Crippen molar-refractivity contribution in [3.63, 3.8) is 0 Å². The van der Waals surface area contributed by atoms with Crippen molar-refractivity contribution < 1.29 is 19.1 Å². The Hall–Kier alpha value is -3.86. The number of hydrogen-bond donors (Lipinski definition) is 3. The van der Waals surface area contributed by atoms with Gasteiger partial charge in [-0.15, -0.1) is 23.1 Å². The highest BCUT2D eigenvalue weighted by atomic mass is 32.2. The number of amides is 1. The number of rotatable bonds is 11. The van der Waals surface area contributed by atoms with Crippen LogP contribution < -0.4 is 20.7 Å². The third-order valence-electron chi connectivity index (χ3n) is 7.64. The fourth-order valence-corrected chi connectivity index (χ4v) is 8.02. The highest BCUT2D eigenvalue weighted by molar-refractivity contribution is 8.00. The van der Waals surface area contributed by atoms with Crippen LogP contribution in [0, 0.1) is 0 Å². The zero-order valence-electron chi connectivity index (χ0n) is 25.6. The molecule has 0 saturated heterocycles. The Bertz CT molecular complexity index is 1660. The monoisotopic (exact) mass is 659 g/mol. The minimum absolute atomic E-state index is 0.141. The first-order chi connectivity index (χ1) is 21.9. The largest absolute Gasteiger partial charge is 0.495 e. The van der Waals surface area contributed by atoms with Crippen molar-refractivity contribution in [3.8, 4) is 5.75 Å². The summed E-state index contributed by atoms with van der Waals surface area (Å²) in [7, 11) is 1.61. The molecule has 0 bridgehead atoms. The Morgan fingerprint density at radius 3 is 2.53 bits per heavy atom. The van der Waals surface area contributed by atoms with Crippen molar-refractivity contribution in [2.45, 2.75) is 55.6 Å². The summed E-state index contributed by atoms with van der Waals surface area (Å²) in [5.41, 5.74) is 4.39. The van der Waals surface area contributed by atoms with E-state index in [1.165, 1.54) is 28.7 Å². The predicted octanol–water partition coefficient (Wildman–Crippen LogP) is 8.52. The number of anilines is 3. The number of thiocarbonyl (C=S) groups is 1. The van der Waals surface area contributed by atoms with Crippen LogP contribution in [0.25, 0.3) is 0 Å². The van der Waals surface area contributed by atoms with Gasteiger partial charge in [0.05, 0.1) is 30.2 Å². The Labute approximate surface area is 278 Å². The van der Waals surface area contributed by atoms with Crippen LogP contribution in [0.4, 0.5) is 16.4 Å². The smallest absolute Gasteiger partial charge is 0.341 e. The molecule has 0 fully saturated rings. The van der Waals surface area contributed by atoms with Gasteiger partial charge in [-0.05, 0) is 92.2 Å². The Kier molecular flexibility index (Phi) is 11.2. The normalized spacial score (nSPS) is 14.5. The van der Waals surface area contributed by atoms with Crippen molar-refractivity contribution in [2.75, 3.05) is 29.7 Å². The Morgan fingerprint density at radius 2 is 1.78 bits per heavy atom. The summed E-state index contributed by atoms with van der Waals surface area (Å²) in [6.45, 7) is 4.06. The van der Waals surface area contributed by atoms with Gasteiger partial charge in [0, 0.05) is 15.5 Å². The number of benzene rings is 3. The summed E-state index contributed by atoms with van der Waals surface area (Å²) in [5.74, 6) is 0.559. The van der Waals surface area contributed by atoms with Gasteiger partial charge in [0.2, 0.25) is 5.91 Å². The van der Waals surface area contributed by atoms with Crippen molar-refractivity contribution >= 4 is 68.7 Å². The Morgan fingerprint density at radius 1 is 1.00 bits per heavy atom. The number of carbonyl (C=O) groups is 2. The molecule has 7 nitrogen and oxygen atoms in total. The summed E-state index contributed by atoms with van der Waals surface area (Å²) in [6, 6.07) is 25.8. The molecular weight excluding hydrogens is 623 g/mol. The van der Waals surface area contributed by atoms with Gasteiger partial charge in [0.1, 0.15) is 10.8 Å². The van der Waals surface area contributed by atoms with Gasteiger partial charge in [-0.25, -0.2) is 4.79 Å². The SMILES string of the molecule is CCOC(=O)c1c(NC(=O)C(CC)Sc2cccc(NC(=S)Nc3ccccc3OC)c2)sc2c1CCC(c1ccccc1)C2. The molecule has 5 rings (SSSR count). The molecule has 1 aliphatic carbocycles. The fraction of sp³-hybridized carbons (Fsp3) is 0.286. The lowest BCUT2D eigenvalue weighted by Crippen LogP contribution is -2.25. The molecule has 4 aromatic rings. The molecule has 2 atom stereocenters. The number of methoxy groups -OCH3 is 1. The van der Waals surface area contributed by atoms with E-state index in [-0.39, 0.29) is 23.7 Å². The van der Waals surface area contributed by atoms with Crippen molar-refractivity contribution in [3.05, 3.63) is 100 Å². The highest BCUT2D eigenvalue weighted by Crippen LogP contribution is 2.43. The average Bonchev–Trinajstić information content (AvgIpc) is 3.41. The molecule has 0 radical (unpaired) electrons. The third kappa shape index (κ3) is 8.06. The molecule has 45 heavy (non-hydrogen) atoms. The van der Waals surface area contributed by atoms with Gasteiger partial charge in [0.15, 0.2) is 5.11 Å². The second-order valence-corrected chi connectivity index (χ2v) is 13.4. The van der Waals surface area contributed by atoms with E-state index in [4.69, 9.17) is 21.7 Å². The van der Waals surface area contributed by atoms with Crippen molar-refractivity contribution in [1.82, 2.24) is 0 Å². The zero-order valence-corrected chi connectivity index (χ0v) is 28.0. The van der Waals surface area contributed by atoms with Crippen LogP contribution in [0.5, 0.6) is 5.75 Å². The minimum Gasteiger partial charge on any atom is -0.495 e. The number of hydrogen-bond acceptors (Lipinski definition) is 7. The first-order valence-electron chi connectivity index (χ1n) is 15.0. The van der Waals surface area contributed by atoms with Crippen LogP contribution in [0.15, 0.2) is 83.8 Å². The number of fused-ring (bicyclic) bond motifs is 1. The molecule has 0 saturated carbocycles. The number of carbonyl (C=O) groups excluding carboxylic acids is 2. The van der Waals surface area contributed by atoms with E-state index in [2.05, 4.69) is 40.2 Å². The van der Waals surface area contributed by atoms with E-state index in [1.807, 2.05) is 61.5 Å². The number of thioether (sulfide) groups is 1. The molecule has 1 amide bonds. The molecule has 2 unspecified atom stereocenters. The predicted molar refractivity (Wildman–Crippen MR) is 189 cm³/mol. The lowest BCUT2D eigenvalue weighted by atomic mass is 9.83. The second-order valence-electron chi connectivity index (χ2n) is 10.6. The molecule has 3 N–H and O–H groups in total. The van der Waals surface area contributed by atoms with Crippen molar-refractivity contribution in [2.24, 2.45) is 0 Å². The minimum atomic E-state index is -0.374. The van der Waals surface area contributed by atoms with Crippen LogP contribution >= 0.6 is 35.3 Å². The lowest BCUT2D eigenvalue weighted by molar-refractivity contribution is -0.115. The molecule has 0 aliphatic heterocycles. The first-order valence-corrected chi connectivity index (χ1v) is 17.2. The molecule has 1 aliphatic rings. The molecule has 0 spiro atoms. The van der Waals surface area contributed by atoms with Gasteiger partial charge in [0.25, 0.3) is 0 Å². The third-order valence-corrected chi connectivity index (χ3v) is 10.4. The second kappa shape index (κ2) is 15.4. The van der Waals surface area contributed by atoms with Gasteiger partial charge < -0.3 is 25.4 Å². The maximum Gasteiger partial charge on any atom is 0.341 e. The van der Waals surface area contributed by atoms with Gasteiger partial charge >= 0.3 is 5.97 Å².